The summed E-state index contributed by atoms with van der Waals surface area (Å²) < 4.78 is 0. The maximum absolute atomic E-state index is 11.6. The summed E-state index contributed by atoms with van der Waals surface area (Å²) in [7, 11) is 0. The second-order valence-corrected chi connectivity index (χ2v) is 4.33. The third kappa shape index (κ3) is 5.14. The molecular formula is C11H22N2O2. The lowest BCUT2D eigenvalue weighted by atomic mass is 9.99. The first-order valence-corrected chi connectivity index (χ1v) is 5.86. The molecule has 15 heavy (non-hydrogen) atoms. The summed E-state index contributed by atoms with van der Waals surface area (Å²) in [5, 5.41) is 15.2. The first-order chi connectivity index (χ1) is 7.20. The summed E-state index contributed by atoms with van der Waals surface area (Å²) in [6, 6.07) is 0. The van der Waals surface area contributed by atoms with Gasteiger partial charge in [-0.25, -0.2) is 0 Å². The highest BCUT2D eigenvalue weighted by Gasteiger charge is 2.19. The molecule has 1 aliphatic heterocycles. The third-order valence-corrected chi connectivity index (χ3v) is 2.77. The average Bonchev–Trinajstić information content (AvgIpc) is 2.25. The van der Waals surface area contributed by atoms with Gasteiger partial charge in [-0.3, -0.25) is 4.79 Å². The first kappa shape index (κ1) is 12.5. The molecule has 1 heterocycles. The standard InChI is InChI=1S/C11H22N2O2/c1-9(14)4-2-7-13-11(15)10-5-3-6-12-8-10/h9-10,12,14H,2-8H2,1H3,(H,13,15). The summed E-state index contributed by atoms with van der Waals surface area (Å²) in [5.74, 6) is 0.304. The lowest BCUT2D eigenvalue weighted by molar-refractivity contribution is -0.125. The van der Waals surface area contributed by atoms with Gasteiger partial charge in [0.25, 0.3) is 0 Å². The van der Waals surface area contributed by atoms with E-state index in [1.54, 1.807) is 6.92 Å². The van der Waals surface area contributed by atoms with Gasteiger partial charge in [0, 0.05) is 13.1 Å². The maximum Gasteiger partial charge on any atom is 0.224 e. The van der Waals surface area contributed by atoms with E-state index in [2.05, 4.69) is 10.6 Å². The second-order valence-electron chi connectivity index (χ2n) is 4.33. The van der Waals surface area contributed by atoms with Crippen LogP contribution < -0.4 is 10.6 Å². The highest BCUT2D eigenvalue weighted by atomic mass is 16.3. The second kappa shape index (κ2) is 6.80. The third-order valence-electron chi connectivity index (χ3n) is 2.77. The fraction of sp³-hybridized carbons (Fsp3) is 0.909. The average molecular weight is 214 g/mol. The van der Waals surface area contributed by atoms with Gasteiger partial charge >= 0.3 is 0 Å². The molecule has 0 radical (unpaired) electrons. The van der Waals surface area contributed by atoms with E-state index >= 15 is 0 Å². The fourth-order valence-electron chi connectivity index (χ4n) is 1.83. The molecule has 0 spiro atoms. The van der Waals surface area contributed by atoms with Crippen LogP contribution >= 0.6 is 0 Å². The summed E-state index contributed by atoms with van der Waals surface area (Å²) in [4.78, 5) is 11.6. The number of carbonyl (C=O) groups excluding carboxylic acids is 1. The van der Waals surface area contributed by atoms with E-state index in [1.165, 1.54) is 0 Å². The number of nitrogens with one attached hydrogen (secondary N) is 2. The van der Waals surface area contributed by atoms with Crippen LogP contribution in [0.2, 0.25) is 0 Å². The Kier molecular flexibility index (Phi) is 5.65. The van der Waals surface area contributed by atoms with Gasteiger partial charge in [-0.1, -0.05) is 0 Å². The number of carbonyl (C=O) groups is 1. The Bertz CT molecular complexity index is 189. The number of aliphatic hydroxyl groups is 1. The summed E-state index contributed by atoms with van der Waals surface area (Å²) in [5.41, 5.74) is 0. The molecule has 2 unspecified atom stereocenters. The van der Waals surface area contributed by atoms with Gasteiger partial charge in [-0.2, -0.15) is 0 Å². The molecule has 88 valence electrons. The van der Waals surface area contributed by atoms with E-state index in [4.69, 9.17) is 5.11 Å². The first-order valence-electron chi connectivity index (χ1n) is 5.86. The lowest BCUT2D eigenvalue weighted by Crippen LogP contribution is -2.40. The molecule has 3 N–H and O–H groups in total. The smallest absolute Gasteiger partial charge is 0.224 e. The van der Waals surface area contributed by atoms with E-state index in [1.807, 2.05) is 0 Å². The number of hydrogen-bond donors (Lipinski definition) is 3. The quantitative estimate of drug-likeness (QED) is 0.575. The molecule has 0 saturated carbocycles. The molecule has 0 bridgehead atoms. The van der Waals surface area contributed by atoms with Gasteiger partial charge in [-0.15, -0.1) is 0 Å². The van der Waals surface area contributed by atoms with E-state index < -0.39 is 0 Å². The number of amides is 1. The Labute approximate surface area is 91.4 Å². The van der Waals surface area contributed by atoms with Crippen molar-refractivity contribution < 1.29 is 9.90 Å². The predicted octanol–water partition coefficient (Wildman–Crippen LogP) is 0.263. The maximum atomic E-state index is 11.6. The monoisotopic (exact) mass is 214 g/mol. The molecule has 2 atom stereocenters. The van der Waals surface area contributed by atoms with Crippen LogP contribution in [0.15, 0.2) is 0 Å². The van der Waals surface area contributed by atoms with Gasteiger partial charge in [0.15, 0.2) is 0 Å². The Morgan fingerprint density at radius 2 is 2.47 bits per heavy atom. The number of hydrogen-bond acceptors (Lipinski definition) is 3. The minimum absolute atomic E-state index is 0.144. The molecule has 0 aromatic heterocycles. The molecule has 0 aromatic rings. The van der Waals surface area contributed by atoms with Crippen LogP contribution in [-0.4, -0.2) is 36.8 Å². The van der Waals surface area contributed by atoms with Crippen LogP contribution in [0.4, 0.5) is 0 Å². The molecular weight excluding hydrogens is 192 g/mol. The van der Waals surface area contributed by atoms with Crippen molar-refractivity contribution in [3.05, 3.63) is 0 Å². The number of aliphatic hydroxyl groups excluding tert-OH is 1. The minimum Gasteiger partial charge on any atom is -0.393 e. The van der Waals surface area contributed by atoms with Gasteiger partial charge in [0.1, 0.15) is 0 Å². The highest BCUT2D eigenvalue weighted by molar-refractivity contribution is 5.78. The topological polar surface area (TPSA) is 61.4 Å². The van der Waals surface area contributed by atoms with E-state index in [0.29, 0.717) is 6.54 Å². The van der Waals surface area contributed by atoms with Crippen molar-refractivity contribution in [1.29, 1.82) is 0 Å². The molecule has 0 aromatic carbocycles. The van der Waals surface area contributed by atoms with Crippen LogP contribution in [0.1, 0.15) is 32.6 Å². The van der Waals surface area contributed by atoms with Crippen LogP contribution in [0, 0.1) is 5.92 Å². The Morgan fingerprint density at radius 3 is 3.07 bits per heavy atom. The van der Waals surface area contributed by atoms with Crippen LogP contribution in [0.3, 0.4) is 0 Å². The summed E-state index contributed by atoms with van der Waals surface area (Å²) in [6.45, 7) is 4.29. The zero-order valence-electron chi connectivity index (χ0n) is 9.46. The Morgan fingerprint density at radius 1 is 1.67 bits per heavy atom. The van der Waals surface area contributed by atoms with Crippen LogP contribution in [0.25, 0.3) is 0 Å². The van der Waals surface area contributed by atoms with Crippen LogP contribution in [-0.2, 0) is 4.79 Å². The summed E-state index contributed by atoms with van der Waals surface area (Å²) >= 11 is 0. The largest absolute Gasteiger partial charge is 0.393 e. The number of rotatable bonds is 5. The van der Waals surface area contributed by atoms with Crippen molar-refractivity contribution in [3.8, 4) is 0 Å². The predicted molar refractivity (Wildman–Crippen MR) is 59.5 cm³/mol. The van der Waals surface area contributed by atoms with E-state index in [9.17, 15) is 4.79 Å². The molecule has 4 nitrogen and oxygen atoms in total. The number of piperidine rings is 1. The minimum atomic E-state index is -0.266. The molecule has 1 saturated heterocycles. The van der Waals surface area contributed by atoms with Crippen molar-refractivity contribution in [2.45, 2.75) is 38.7 Å². The molecule has 1 aliphatic rings. The highest BCUT2D eigenvalue weighted by Crippen LogP contribution is 2.09. The van der Waals surface area contributed by atoms with Gasteiger partial charge in [0.05, 0.1) is 12.0 Å². The van der Waals surface area contributed by atoms with E-state index in [0.717, 1.165) is 38.8 Å². The molecule has 0 aliphatic carbocycles. The fourth-order valence-corrected chi connectivity index (χ4v) is 1.83. The van der Waals surface area contributed by atoms with Gasteiger partial charge in [0.2, 0.25) is 5.91 Å². The molecule has 4 heteroatoms. The molecule has 1 rings (SSSR count). The zero-order chi connectivity index (χ0) is 11.1. The Hall–Kier alpha value is -0.610. The Balaban J connectivity index is 2.07. The lowest BCUT2D eigenvalue weighted by Gasteiger charge is -2.21. The summed E-state index contributed by atoms with van der Waals surface area (Å²) in [6.07, 6.45) is 3.42. The SMILES string of the molecule is CC(O)CCCNC(=O)C1CCCNC1. The van der Waals surface area contributed by atoms with Gasteiger partial charge in [-0.05, 0) is 39.2 Å². The van der Waals surface area contributed by atoms with Gasteiger partial charge < -0.3 is 15.7 Å². The van der Waals surface area contributed by atoms with Crippen molar-refractivity contribution in [2.75, 3.05) is 19.6 Å². The molecule has 1 amide bonds. The van der Waals surface area contributed by atoms with Crippen molar-refractivity contribution >= 4 is 5.91 Å². The van der Waals surface area contributed by atoms with Crippen molar-refractivity contribution in [1.82, 2.24) is 10.6 Å². The van der Waals surface area contributed by atoms with Crippen LogP contribution in [0.5, 0.6) is 0 Å². The van der Waals surface area contributed by atoms with Crippen molar-refractivity contribution in [3.63, 3.8) is 0 Å². The zero-order valence-corrected chi connectivity index (χ0v) is 9.46. The van der Waals surface area contributed by atoms with E-state index in [-0.39, 0.29) is 17.9 Å². The normalized spacial score (nSPS) is 23.5. The van der Waals surface area contributed by atoms with Crippen molar-refractivity contribution in [2.24, 2.45) is 5.92 Å². The molecule has 1 fully saturated rings.